The molecule has 0 spiro atoms. The van der Waals surface area contributed by atoms with Gasteiger partial charge in [0, 0.05) is 6.54 Å². The first-order valence-corrected chi connectivity index (χ1v) is 5.26. The molecule has 1 aliphatic heterocycles. The first-order chi connectivity index (χ1) is 8.00. The van der Waals surface area contributed by atoms with Gasteiger partial charge in [0.2, 0.25) is 0 Å². The summed E-state index contributed by atoms with van der Waals surface area (Å²) in [7, 11) is 0. The van der Waals surface area contributed by atoms with Crippen LogP contribution in [0.4, 0.5) is 17.6 Å². The van der Waals surface area contributed by atoms with Crippen LogP contribution in [0.15, 0.2) is 24.3 Å². The van der Waals surface area contributed by atoms with Gasteiger partial charge < -0.3 is 5.32 Å². The molecule has 92 valence electrons. The molecule has 0 radical (unpaired) electrons. The Balaban J connectivity index is 2.53. The molecule has 0 atom stereocenters. The molecule has 0 amide bonds. The highest BCUT2D eigenvalue weighted by molar-refractivity contribution is 5.70. The number of benzene rings is 1. The largest absolute Gasteiger partial charge is 0.419 e. The fraction of sp³-hybridized carbons (Fsp3) is 0.333. The van der Waals surface area contributed by atoms with Gasteiger partial charge in [0.05, 0.1) is 5.56 Å². The minimum atomic E-state index is -4.66. The van der Waals surface area contributed by atoms with E-state index in [9.17, 15) is 17.6 Å². The Hall–Kier alpha value is -1.36. The summed E-state index contributed by atoms with van der Waals surface area (Å²) in [6.07, 6.45) is -2.51. The monoisotopic (exact) mass is 245 g/mol. The van der Waals surface area contributed by atoms with Gasteiger partial charge in [-0.05, 0) is 30.2 Å². The molecular formula is C12H11F4N. The molecule has 0 saturated carbocycles. The Morgan fingerprint density at radius 1 is 1.18 bits per heavy atom. The highest BCUT2D eigenvalue weighted by atomic mass is 19.4. The van der Waals surface area contributed by atoms with Crippen LogP contribution in [0.25, 0.3) is 5.57 Å². The van der Waals surface area contributed by atoms with Gasteiger partial charge in [0.25, 0.3) is 0 Å². The summed E-state index contributed by atoms with van der Waals surface area (Å²) in [5, 5.41) is 3.01. The highest BCUT2D eigenvalue weighted by Gasteiger charge is 2.37. The van der Waals surface area contributed by atoms with E-state index in [0.717, 1.165) is 6.07 Å². The van der Waals surface area contributed by atoms with Crippen LogP contribution in [-0.2, 0) is 6.18 Å². The van der Waals surface area contributed by atoms with Crippen molar-refractivity contribution >= 4 is 5.57 Å². The maximum absolute atomic E-state index is 13.3. The van der Waals surface area contributed by atoms with Gasteiger partial charge in [-0.2, -0.15) is 13.2 Å². The fourth-order valence-corrected chi connectivity index (χ4v) is 1.95. The maximum Gasteiger partial charge on any atom is 0.419 e. The molecule has 0 fully saturated rings. The molecule has 5 heteroatoms. The molecule has 0 unspecified atom stereocenters. The van der Waals surface area contributed by atoms with Crippen molar-refractivity contribution in [3.05, 3.63) is 41.2 Å². The lowest BCUT2D eigenvalue weighted by Gasteiger charge is -2.19. The lowest BCUT2D eigenvalue weighted by Crippen LogP contribution is -2.21. The van der Waals surface area contributed by atoms with E-state index in [4.69, 9.17) is 0 Å². The first-order valence-electron chi connectivity index (χ1n) is 5.26. The molecule has 17 heavy (non-hydrogen) atoms. The molecule has 1 aromatic carbocycles. The van der Waals surface area contributed by atoms with Crippen molar-refractivity contribution < 1.29 is 17.6 Å². The van der Waals surface area contributed by atoms with Crippen LogP contribution in [0.1, 0.15) is 17.5 Å². The van der Waals surface area contributed by atoms with Crippen LogP contribution in [0.5, 0.6) is 0 Å². The van der Waals surface area contributed by atoms with E-state index in [-0.39, 0.29) is 5.56 Å². The van der Waals surface area contributed by atoms with E-state index < -0.39 is 17.6 Å². The summed E-state index contributed by atoms with van der Waals surface area (Å²) in [6.45, 7) is 1.13. The molecule has 2 rings (SSSR count). The van der Waals surface area contributed by atoms with Crippen molar-refractivity contribution in [3.8, 4) is 0 Å². The number of alkyl halides is 3. The minimum Gasteiger partial charge on any atom is -0.313 e. The molecule has 1 nitrogen and oxygen atoms in total. The average molecular weight is 245 g/mol. The highest BCUT2D eigenvalue weighted by Crippen LogP contribution is 2.37. The maximum atomic E-state index is 13.3. The van der Waals surface area contributed by atoms with Crippen LogP contribution in [-0.4, -0.2) is 13.1 Å². The SMILES string of the molecule is Fc1cccc(C2=CCNCC2)c1C(F)(F)F. The van der Waals surface area contributed by atoms with Gasteiger partial charge >= 0.3 is 6.18 Å². The smallest absolute Gasteiger partial charge is 0.313 e. The van der Waals surface area contributed by atoms with Crippen LogP contribution >= 0.6 is 0 Å². The Morgan fingerprint density at radius 2 is 1.94 bits per heavy atom. The molecule has 1 aliphatic rings. The van der Waals surface area contributed by atoms with Gasteiger partial charge in [-0.3, -0.25) is 0 Å². The van der Waals surface area contributed by atoms with E-state index in [2.05, 4.69) is 5.32 Å². The standard InChI is InChI=1S/C12H11F4N/c13-10-3-1-2-9(11(10)12(14,15)16)8-4-6-17-7-5-8/h1-4,17H,5-7H2. The Kier molecular flexibility index (Phi) is 3.19. The van der Waals surface area contributed by atoms with Crippen LogP contribution in [0, 0.1) is 5.82 Å². The second kappa shape index (κ2) is 4.49. The summed E-state index contributed by atoms with van der Waals surface area (Å²) in [4.78, 5) is 0. The van der Waals surface area contributed by atoms with Crippen molar-refractivity contribution in [2.75, 3.05) is 13.1 Å². The molecule has 0 aliphatic carbocycles. The zero-order valence-corrected chi connectivity index (χ0v) is 8.94. The third kappa shape index (κ3) is 2.49. The van der Waals surface area contributed by atoms with Gasteiger partial charge in [-0.15, -0.1) is 0 Å². The lowest BCUT2D eigenvalue weighted by atomic mass is 9.95. The molecule has 0 saturated heterocycles. The third-order valence-electron chi connectivity index (χ3n) is 2.71. The topological polar surface area (TPSA) is 12.0 Å². The van der Waals surface area contributed by atoms with Gasteiger partial charge in [0.1, 0.15) is 5.82 Å². The van der Waals surface area contributed by atoms with Crippen molar-refractivity contribution in [1.82, 2.24) is 5.32 Å². The summed E-state index contributed by atoms with van der Waals surface area (Å²) in [5.74, 6) is -1.21. The van der Waals surface area contributed by atoms with E-state index in [1.807, 2.05) is 0 Å². The van der Waals surface area contributed by atoms with Crippen LogP contribution in [0.3, 0.4) is 0 Å². The third-order valence-corrected chi connectivity index (χ3v) is 2.71. The van der Waals surface area contributed by atoms with Crippen molar-refractivity contribution in [2.24, 2.45) is 0 Å². The zero-order valence-electron chi connectivity index (χ0n) is 8.94. The van der Waals surface area contributed by atoms with E-state index >= 15 is 0 Å². The quantitative estimate of drug-likeness (QED) is 0.749. The number of nitrogens with one attached hydrogen (secondary N) is 1. The zero-order chi connectivity index (χ0) is 12.5. The van der Waals surface area contributed by atoms with Crippen LogP contribution in [0.2, 0.25) is 0 Å². The van der Waals surface area contributed by atoms with E-state index in [0.29, 0.717) is 25.1 Å². The number of hydrogen-bond acceptors (Lipinski definition) is 1. The van der Waals surface area contributed by atoms with Gasteiger partial charge in [-0.25, -0.2) is 4.39 Å². The Labute approximate surface area is 96.1 Å². The summed E-state index contributed by atoms with van der Waals surface area (Å²) in [6, 6.07) is 3.47. The number of rotatable bonds is 1. The normalized spacial score (nSPS) is 16.8. The van der Waals surface area contributed by atoms with Crippen molar-refractivity contribution in [3.63, 3.8) is 0 Å². The predicted octanol–water partition coefficient (Wildman–Crippen LogP) is 3.22. The van der Waals surface area contributed by atoms with Crippen LogP contribution < -0.4 is 5.32 Å². The van der Waals surface area contributed by atoms with Crippen molar-refractivity contribution in [2.45, 2.75) is 12.6 Å². The first kappa shape index (κ1) is 12.1. The molecule has 0 bridgehead atoms. The second-order valence-electron chi connectivity index (χ2n) is 3.84. The molecular weight excluding hydrogens is 234 g/mol. The average Bonchev–Trinajstić information content (AvgIpc) is 2.28. The predicted molar refractivity (Wildman–Crippen MR) is 56.9 cm³/mol. The van der Waals surface area contributed by atoms with Gasteiger partial charge in [-0.1, -0.05) is 18.2 Å². The fourth-order valence-electron chi connectivity index (χ4n) is 1.95. The van der Waals surface area contributed by atoms with E-state index in [1.165, 1.54) is 12.1 Å². The van der Waals surface area contributed by atoms with Crippen molar-refractivity contribution in [1.29, 1.82) is 0 Å². The minimum absolute atomic E-state index is 0.0426. The summed E-state index contributed by atoms with van der Waals surface area (Å²) >= 11 is 0. The molecule has 1 heterocycles. The Bertz CT molecular complexity index is 448. The molecule has 1 N–H and O–H groups in total. The summed E-state index contributed by atoms with van der Waals surface area (Å²) in [5.41, 5.74) is -0.650. The number of hydrogen-bond donors (Lipinski definition) is 1. The second-order valence-corrected chi connectivity index (χ2v) is 3.84. The molecule has 1 aromatic rings. The number of halogens is 4. The van der Waals surface area contributed by atoms with E-state index in [1.54, 1.807) is 6.08 Å². The summed E-state index contributed by atoms with van der Waals surface area (Å²) < 4.78 is 51.7. The molecule has 0 aromatic heterocycles. The van der Waals surface area contributed by atoms with Gasteiger partial charge in [0.15, 0.2) is 0 Å². The Morgan fingerprint density at radius 3 is 2.53 bits per heavy atom. The lowest BCUT2D eigenvalue weighted by molar-refractivity contribution is -0.140.